The highest BCUT2D eigenvalue weighted by Gasteiger charge is 2.29. The van der Waals surface area contributed by atoms with Crippen LogP contribution < -0.4 is 5.32 Å². The first kappa shape index (κ1) is 29.5. The fourth-order valence-electron chi connectivity index (χ4n) is 3.96. The number of halogens is 2. The molecular weight excluding hydrogens is 585 g/mol. The summed E-state index contributed by atoms with van der Waals surface area (Å²) in [7, 11) is -7.82. The summed E-state index contributed by atoms with van der Waals surface area (Å²) in [5.74, 6) is -0.544. The van der Waals surface area contributed by atoms with Crippen molar-refractivity contribution in [2.24, 2.45) is 0 Å². The van der Waals surface area contributed by atoms with Crippen molar-refractivity contribution in [1.29, 1.82) is 0 Å². The number of ether oxygens (including phenoxy) is 1. The predicted molar refractivity (Wildman–Crippen MR) is 148 cm³/mol. The molecule has 13 heteroatoms. The first-order valence-corrected chi connectivity index (χ1v) is 15.6. The van der Waals surface area contributed by atoms with E-state index in [4.69, 9.17) is 27.9 Å². The highest BCUT2D eigenvalue weighted by Crippen LogP contribution is 2.28. The van der Waals surface area contributed by atoms with Crippen molar-refractivity contribution in [3.8, 4) is 0 Å². The Morgan fingerprint density at radius 3 is 2.23 bits per heavy atom. The van der Waals surface area contributed by atoms with E-state index in [0.29, 0.717) is 37.4 Å². The third kappa shape index (κ3) is 7.37. The average Bonchev–Trinajstić information content (AvgIpc) is 2.94. The lowest BCUT2D eigenvalue weighted by atomic mass is 10.2. The second kappa shape index (κ2) is 12.8. The zero-order valence-corrected chi connectivity index (χ0v) is 23.9. The van der Waals surface area contributed by atoms with Gasteiger partial charge < -0.3 is 10.1 Å². The fourth-order valence-corrected chi connectivity index (χ4v) is 7.49. The maximum Gasteiger partial charge on any atom is 0.245 e. The Morgan fingerprint density at radius 1 is 0.897 bits per heavy atom. The molecule has 1 saturated heterocycles. The second-order valence-corrected chi connectivity index (χ2v) is 13.5. The molecule has 1 N–H and O–H groups in total. The van der Waals surface area contributed by atoms with Crippen LogP contribution in [0.1, 0.15) is 11.1 Å². The summed E-state index contributed by atoms with van der Waals surface area (Å²) in [4.78, 5) is 12.8. The number of carbonyl (C=O) groups excluding carboxylic acids is 1. The summed E-state index contributed by atoms with van der Waals surface area (Å²) < 4.78 is 60.3. The van der Waals surface area contributed by atoms with Crippen LogP contribution in [-0.2, 0) is 42.7 Å². The predicted octanol–water partition coefficient (Wildman–Crippen LogP) is 3.52. The van der Waals surface area contributed by atoms with Gasteiger partial charge in [0.25, 0.3) is 0 Å². The van der Waals surface area contributed by atoms with Crippen molar-refractivity contribution in [2.45, 2.75) is 22.9 Å². The van der Waals surface area contributed by atoms with Gasteiger partial charge in [-0.25, -0.2) is 16.8 Å². The summed E-state index contributed by atoms with van der Waals surface area (Å²) in [6.07, 6.45) is 0. The van der Waals surface area contributed by atoms with E-state index >= 15 is 0 Å². The first-order valence-electron chi connectivity index (χ1n) is 12.0. The van der Waals surface area contributed by atoms with Crippen LogP contribution in [0.2, 0.25) is 10.0 Å². The number of hydrogen-bond donors (Lipinski definition) is 1. The van der Waals surface area contributed by atoms with E-state index in [1.54, 1.807) is 42.5 Å². The molecule has 1 heterocycles. The highest BCUT2D eigenvalue weighted by atomic mass is 35.5. The molecule has 1 fully saturated rings. The lowest BCUT2D eigenvalue weighted by molar-refractivity contribution is -0.121. The average molecular weight is 613 g/mol. The normalized spacial score (nSPS) is 14.8. The summed E-state index contributed by atoms with van der Waals surface area (Å²) in [6, 6.07) is 19.2. The van der Waals surface area contributed by atoms with Gasteiger partial charge >= 0.3 is 0 Å². The Morgan fingerprint density at radius 2 is 1.56 bits per heavy atom. The smallest absolute Gasteiger partial charge is 0.245 e. The lowest BCUT2D eigenvalue weighted by Crippen LogP contribution is -2.40. The van der Waals surface area contributed by atoms with Crippen molar-refractivity contribution in [3.05, 3.63) is 94.0 Å². The van der Waals surface area contributed by atoms with Crippen LogP contribution in [0.5, 0.6) is 0 Å². The summed E-state index contributed by atoms with van der Waals surface area (Å²) in [6.45, 7) is 0.838. The SMILES string of the molecule is O=C(CN(Cc1ccccc1)S(=O)(=O)c1cc(Cl)ccc1Cl)NCc1ccc(S(=O)(=O)N2CCOCC2)cc1. The summed E-state index contributed by atoms with van der Waals surface area (Å²) >= 11 is 12.2. The molecule has 3 aromatic rings. The Bertz CT molecular complexity index is 1510. The monoisotopic (exact) mass is 611 g/mol. The Balaban J connectivity index is 1.46. The van der Waals surface area contributed by atoms with E-state index in [1.807, 2.05) is 0 Å². The van der Waals surface area contributed by atoms with Crippen molar-refractivity contribution in [1.82, 2.24) is 13.9 Å². The fraction of sp³-hybridized carbons (Fsp3) is 0.269. The van der Waals surface area contributed by atoms with Crippen molar-refractivity contribution in [3.63, 3.8) is 0 Å². The maximum atomic E-state index is 13.5. The van der Waals surface area contributed by atoms with Crippen molar-refractivity contribution in [2.75, 3.05) is 32.8 Å². The molecule has 3 aromatic carbocycles. The van der Waals surface area contributed by atoms with Gasteiger partial charge in [0.1, 0.15) is 4.90 Å². The van der Waals surface area contributed by atoms with Crippen LogP contribution >= 0.6 is 23.2 Å². The minimum atomic E-state index is -4.19. The van der Waals surface area contributed by atoms with Crippen LogP contribution in [0.3, 0.4) is 0 Å². The first-order chi connectivity index (χ1) is 18.6. The third-order valence-corrected chi connectivity index (χ3v) is 10.5. The standard InChI is InChI=1S/C26H27Cl2N3O6S2/c27-22-8-11-24(28)25(16-22)39(35,36)31(18-21-4-2-1-3-5-21)19-26(32)29-17-20-6-9-23(10-7-20)38(33,34)30-12-14-37-15-13-30/h1-11,16H,12-15,17-19H2,(H,29,32). The van der Waals surface area contributed by atoms with Gasteiger partial charge in [0.2, 0.25) is 26.0 Å². The largest absolute Gasteiger partial charge is 0.379 e. The molecule has 208 valence electrons. The van der Waals surface area contributed by atoms with E-state index in [2.05, 4.69) is 5.32 Å². The summed E-state index contributed by atoms with van der Waals surface area (Å²) in [5.41, 5.74) is 1.34. The van der Waals surface area contributed by atoms with Gasteiger partial charge in [-0.05, 0) is 41.5 Å². The van der Waals surface area contributed by atoms with Gasteiger partial charge in [-0.3, -0.25) is 4.79 Å². The summed E-state index contributed by atoms with van der Waals surface area (Å²) in [5, 5.41) is 2.89. The molecule has 0 aliphatic carbocycles. The molecule has 0 saturated carbocycles. The number of sulfonamides is 2. The van der Waals surface area contributed by atoms with Gasteiger partial charge in [-0.1, -0.05) is 65.7 Å². The van der Waals surface area contributed by atoms with E-state index in [1.165, 1.54) is 34.6 Å². The van der Waals surface area contributed by atoms with E-state index in [-0.39, 0.29) is 32.9 Å². The molecule has 9 nitrogen and oxygen atoms in total. The minimum absolute atomic E-state index is 0.00927. The molecule has 0 spiro atoms. The number of carbonyl (C=O) groups is 1. The number of benzene rings is 3. The number of amides is 1. The van der Waals surface area contributed by atoms with Gasteiger partial charge in [0.15, 0.2) is 0 Å². The minimum Gasteiger partial charge on any atom is -0.379 e. The highest BCUT2D eigenvalue weighted by molar-refractivity contribution is 7.89. The van der Waals surface area contributed by atoms with Gasteiger partial charge in [-0.15, -0.1) is 0 Å². The zero-order chi connectivity index (χ0) is 28.0. The molecule has 4 rings (SSSR count). The Kier molecular flexibility index (Phi) is 9.65. The molecule has 0 atom stereocenters. The van der Waals surface area contributed by atoms with Crippen LogP contribution in [-0.4, -0.2) is 64.2 Å². The van der Waals surface area contributed by atoms with Gasteiger partial charge in [0.05, 0.1) is 29.7 Å². The van der Waals surface area contributed by atoms with Crippen LogP contribution in [0.25, 0.3) is 0 Å². The topological polar surface area (TPSA) is 113 Å². The Labute approximate surface area is 238 Å². The van der Waals surface area contributed by atoms with Crippen molar-refractivity contribution >= 4 is 49.2 Å². The van der Waals surface area contributed by atoms with Gasteiger partial charge in [-0.2, -0.15) is 8.61 Å². The number of nitrogens with zero attached hydrogens (tertiary/aromatic N) is 2. The molecule has 0 bridgehead atoms. The molecule has 0 aromatic heterocycles. The molecule has 1 aliphatic heterocycles. The zero-order valence-electron chi connectivity index (χ0n) is 20.8. The van der Waals surface area contributed by atoms with Crippen LogP contribution in [0, 0.1) is 0 Å². The third-order valence-electron chi connectivity index (χ3n) is 6.05. The van der Waals surface area contributed by atoms with Crippen LogP contribution in [0.4, 0.5) is 0 Å². The molecule has 1 amide bonds. The van der Waals surface area contributed by atoms with E-state index < -0.39 is 32.5 Å². The molecule has 1 aliphatic rings. The maximum absolute atomic E-state index is 13.5. The molecule has 0 unspecified atom stereocenters. The second-order valence-electron chi connectivity index (χ2n) is 8.77. The number of nitrogens with one attached hydrogen (secondary N) is 1. The number of morpholine rings is 1. The quantitative estimate of drug-likeness (QED) is 0.375. The van der Waals surface area contributed by atoms with E-state index in [0.717, 1.165) is 4.31 Å². The molecule has 39 heavy (non-hydrogen) atoms. The number of hydrogen-bond acceptors (Lipinski definition) is 6. The Hall–Kier alpha value is -2.51. The molecular formula is C26H27Cl2N3O6S2. The molecule has 0 radical (unpaired) electrons. The van der Waals surface area contributed by atoms with Crippen molar-refractivity contribution < 1.29 is 26.4 Å². The lowest BCUT2D eigenvalue weighted by Gasteiger charge is -2.26. The van der Waals surface area contributed by atoms with Gasteiger partial charge in [0, 0.05) is 31.2 Å². The van der Waals surface area contributed by atoms with Crippen LogP contribution in [0.15, 0.2) is 82.6 Å². The number of rotatable bonds is 10. The van der Waals surface area contributed by atoms with E-state index in [9.17, 15) is 21.6 Å².